The summed E-state index contributed by atoms with van der Waals surface area (Å²) >= 11 is 3.76. The maximum absolute atomic E-state index is 2.42. The fraction of sp³-hybridized carbons (Fsp3) is 0. The van der Waals surface area contributed by atoms with Crippen molar-refractivity contribution in [1.82, 2.24) is 0 Å². The van der Waals surface area contributed by atoms with E-state index in [0.29, 0.717) is 0 Å². The van der Waals surface area contributed by atoms with Gasteiger partial charge in [-0.25, -0.2) is 0 Å². The second-order valence-electron chi connectivity index (χ2n) is 15.3. The summed E-state index contributed by atoms with van der Waals surface area (Å²) in [6.45, 7) is 0. The monoisotopic (exact) mass is 800 g/mol. The summed E-state index contributed by atoms with van der Waals surface area (Å²) in [6.07, 6.45) is 0. The van der Waals surface area contributed by atoms with Gasteiger partial charge in [0, 0.05) is 79.9 Å². The Morgan fingerprint density at radius 1 is 0.250 bits per heavy atom. The van der Waals surface area contributed by atoms with Crippen LogP contribution in [0.25, 0.3) is 73.0 Å². The van der Waals surface area contributed by atoms with Crippen LogP contribution in [0, 0.1) is 0 Å². The van der Waals surface area contributed by atoms with Crippen molar-refractivity contribution in [3.05, 3.63) is 218 Å². The first-order valence-electron chi connectivity index (χ1n) is 20.3. The Bertz CT molecular complexity index is 3510. The summed E-state index contributed by atoms with van der Waals surface area (Å²) in [6, 6.07) is 79.8. The summed E-state index contributed by atoms with van der Waals surface area (Å²) < 4.78 is 5.30. The molecule has 0 saturated heterocycles. The van der Waals surface area contributed by atoms with E-state index in [-0.39, 0.29) is 0 Å². The van der Waals surface area contributed by atoms with Crippen molar-refractivity contribution >= 4 is 119 Å². The Morgan fingerprint density at radius 3 is 1.47 bits per heavy atom. The van der Waals surface area contributed by atoms with Crippen molar-refractivity contribution in [3.63, 3.8) is 0 Å². The van der Waals surface area contributed by atoms with Gasteiger partial charge in [-0.05, 0) is 118 Å². The molecule has 10 aromatic carbocycles. The predicted octanol–water partition coefficient (Wildman–Crippen LogP) is 17.3. The van der Waals surface area contributed by atoms with Gasteiger partial charge in [0.2, 0.25) is 0 Å². The van der Waals surface area contributed by atoms with Gasteiger partial charge in [-0.15, -0.1) is 22.7 Å². The topological polar surface area (TPSA) is 6.48 Å². The van der Waals surface area contributed by atoms with Crippen LogP contribution in [0.1, 0.15) is 0 Å². The second-order valence-corrected chi connectivity index (χ2v) is 17.4. The number of para-hydroxylation sites is 2. The Labute approximate surface area is 356 Å². The molecular weight excluding hydrogens is 765 g/mol. The van der Waals surface area contributed by atoms with E-state index in [9.17, 15) is 0 Å². The maximum atomic E-state index is 2.42. The van der Waals surface area contributed by atoms with Gasteiger partial charge >= 0.3 is 0 Å². The van der Waals surface area contributed by atoms with Crippen molar-refractivity contribution in [2.75, 3.05) is 9.80 Å². The number of nitrogens with zero attached hydrogens (tertiary/aromatic N) is 2. The minimum Gasteiger partial charge on any atom is -0.310 e. The number of hydrogen-bond donors (Lipinski definition) is 0. The molecule has 0 aliphatic rings. The zero-order chi connectivity index (χ0) is 39.6. The van der Waals surface area contributed by atoms with Crippen molar-refractivity contribution in [1.29, 1.82) is 0 Å². The molecule has 0 saturated carbocycles. The van der Waals surface area contributed by atoms with Crippen molar-refractivity contribution in [3.8, 4) is 11.1 Å². The number of fused-ring (bicyclic) bond motifs is 11. The molecule has 0 aliphatic carbocycles. The molecule has 0 bridgehead atoms. The molecule has 4 heteroatoms. The molecule has 2 nitrogen and oxygen atoms in total. The van der Waals surface area contributed by atoms with Crippen molar-refractivity contribution in [2.24, 2.45) is 0 Å². The highest BCUT2D eigenvalue weighted by Crippen LogP contribution is 2.47. The van der Waals surface area contributed by atoms with E-state index in [2.05, 4.69) is 228 Å². The Hall–Kier alpha value is -7.24. The first-order chi connectivity index (χ1) is 29.7. The molecule has 0 aliphatic heterocycles. The van der Waals surface area contributed by atoms with E-state index in [1.54, 1.807) is 0 Å². The summed E-state index contributed by atoms with van der Waals surface area (Å²) in [5, 5.41) is 10.4. The van der Waals surface area contributed by atoms with Gasteiger partial charge in [0.15, 0.2) is 0 Å². The molecule has 0 spiro atoms. The van der Waals surface area contributed by atoms with Crippen LogP contribution in [0.15, 0.2) is 218 Å². The molecule has 2 heterocycles. The highest BCUT2D eigenvalue weighted by molar-refractivity contribution is 7.27. The van der Waals surface area contributed by atoms with Crippen LogP contribution in [0.3, 0.4) is 0 Å². The maximum Gasteiger partial charge on any atom is 0.0482 e. The zero-order valence-corrected chi connectivity index (χ0v) is 34.1. The minimum atomic E-state index is 1.08. The molecule has 12 aromatic rings. The van der Waals surface area contributed by atoms with Crippen LogP contribution in [0.5, 0.6) is 0 Å². The van der Waals surface area contributed by atoms with Crippen molar-refractivity contribution in [2.45, 2.75) is 0 Å². The second kappa shape index (κ2) is 14.2. The molecule has 0 N–H and O–H groups in total. The van der Waals surface area contributed by atoms with Crippen molar-refractivity contribution < 1.29 is 0 Å². The largest absolute Gasteiger partial charge is 0.310 e. The van der Waals surface area contributed by atoms with Gasteiger partial charge in [0.25, 0.3) is 0 Å². The van der Waals surface area contributed by atoms with Crippen LogP contribution < -0.4 is 9.80 Å². The third kappa shape index (κ3) is 5.76. The van der Waals surface area contributed by atoms with Gasteiger partial charge in [-0.2, -0.15) is 0 Å². The van der Waals surface area contributed by atoms with Crippen LogP contribution in [0.2, 0.25) is 0 Å². The lowest BCUT2D eigenvalue weighted by molar-refractivity contribution is 1.25. The summed E-state index contributed by atoms with van der Waals surface area (Å²) in [7, 11) is 0. The van der Waals surface area contributed by atoms with E-state index >= 15 is 0 Å². The third-order valence-electron chi connectivity index (χ3n) is 11.8. The van der Waals surface area contributed by atoms with Crippen LogP contribution in [-0.2, 0) is 0 Å². The number of thiophene rings is 2. The van der Waals surface area contributed by atoms with Gasteiger partial charge in [-0.3, -0.25) is 0 Å². The molecule has 0 unspecified atom stereocenters. The van der Waals surface area contributed by atoms with E-state index in [1.165, 1.54) is 73.0 Å². The van der Waals surface area contributed by atoms with Crippen LogP contribution >= 0.6 is 22.7 Å². The molecule has 2 aromatic heterocycles. The van der Waals surface area contributed by atoms with Gasteiger partial charge in [0.05, 0.1) is 0 Å². The average Bonchev–Trinajstić information content (AvgIpc) is 3.89. The molecule has 0 radical (unpaired) electrons. The normalized spacial score (nSPS) is 11.7. The smallest absolute Gasteiger partial charge is 0.0482 e. The molecule has 282 valence electrons. The lowest BCUT2D eigenvalue weighted by atomic mass is 9.96. The fourth-order valence-corrected chi connectivity index (χ4v) is 11.4. The quantitative estimate of drug-likeness (QED) is 0.148. The SMILES string of the molecule is c1ccc(N(c2ccccc2)c2cccc(N(c3ccc(-c4ccc5sc6ccccc6c5c4)cc3)c3ccc4c(c3)c3ccccc3c3c5ccccc5sc43)c2)cc1. The molecule has 0 amide bonds. The molecule has 0 atom stereocenters. The Kier molecular flexibility index (Phi) is 8.25. The fourth-order valence-electron chi connectivity index (χ4n) is 9.06. The third-order valence-corrected chi connectivity index (χ3v) is 14.2. The molecule has 12 rings (SSSR count). The zero-order valence-electron chi connectivity index (χ0n) is 32.5. The van der Waals surface area contributed by atoms with Gasteiger partial charge in [0.1, 0.15) is 0 Å². The lowest BCUT2D eigenvalue weighted by Crippen LogP contribution is -2.13. The number of benzene rings is 10. The summed E-state index contributed by atoms with van der Waals surface area (Å²) in [5.41, 5.74) is 8.99. The Morgan fingerprint density at radius 2 is 0.750 bits per heavy atom. The predicted molar refractivity (Wildman–Crippen MR) is 262 cm³/mol. The van der Waals surface area contributed by atoms with Gasteiger partial charge < -0.3 is 9.80 Å². The lowest BCUT2D eigenvalue weighted by Gasteiger charge is -2.29. The standard InChI is InChI=1S/C56H36N2S2/c1-3-14-39(15-4-1)57(40-16-5-2-6-17-40)42-18-13-19-43(35-42)58(41-29-26-37(27-30-41)38-28-33-54-51(34-38)46-21-9-11-24-52(46)59-54)44-31-32-48-50(36-44)45-20-7-8-22-47(45)55-49-23-10-12-25-53(49)60-56(48)55/h1-36H. The first kappa shape index (κ1) is 34.8. The highest BCUT2D eigenvalue weighted by Gasteiger charge is 2.20. The van der Waals surface area contributed by atoms with E-state index in [0.717, 1.165) is 34.1 Å². The van der Waals surface area contributed by atoms with Gasteiger partial charge in [-0.1, -0.05) is 127 Å². The number of hydrogen-bond acceptors (Lipinski definition) is 4. The molecule has 0 fully saturated rings. The van der Waals surface area contributed by atoms with E-state index in [1.807, 2.05) is 22.7 Å². The molecular formula is C56H36N2S2. The van der Waals surface area contributed by atoms with E-state index in [4.69, 9.17) is 0 Å². The Balaban J connectivity index is 1.05. The molecule has 60 heavy (non-hydrogen) atoms. The minimum absolute atomic E-state index is 1.08. The number of rotatable bonds is 7. The van der Waals surface area contributed by atoms with Crippen LogP contribution in [-0.4, -0.2) is 0 Å². The van der Waals surface area contributed by atoms with Crippen LogP contribution in [0.4, 0.5) is 34.1 Å². The number of anilines is 6. The summed E-state index contributed by atoms with van der Waals surface area (Å²) in [5.74, 6) is 0. The highest BCUT2D eigenvalue weighted by atomic mass is 32.1. The first-order valence-corrected chi connectivity index (χ1v) is 22.0. The average molecular weight is 801 g/mol. The van der Waals surface area contributed by atoms with E-state index < -0.39 is 0 Å². The summed E-state index contributed by atoms with van der Waals surface area (Å²) in [4.78, 5) is 4.75.